The second kappa shape index (κ2) is 8.53. The number of rotatable bonds is 9. The molecule has 0 aliphatic heterocycles. The number of hydrogen-bond acceptors (Lipinski definition) is 5. The molecule has 0 aliphatic rings. The van der Waals surface area contributed by atoms with Gasteiger partial charge in [-0.1, -0.05) is 6.92 Å². The third kappa shape index (κ3) is 4.10. The maximum absolute atomic E-state index is 8.62. The van der Waals surface area contributed by atoms with E-state index in [0.29, 0.717) is 26.2 Å². The first-order valence-corrected chi connectivity index (χ1v) is 7.47. The molecule has 0 amide bonds. The highest BCUT2D eigenvalue weighted by Crippen LogP contribution is 2.20. The molecule has 0 heterocycles. The minimum absolute atomic E-state index is 0.419. The molecule has 0 radical (unpaired) electrons. The molecule has 0 spiro atoms. The minimum atomic E-state index is -2.89. The quantitative estimate of drug-likeness (QED) is 0.459. The molecule has 16 heavy (non-hydrogen) atoms. The van der Waals surface area contributed by atoms with E-state index in [-0.39, 0.29) is 0 Å². The molecule has 0 aromatic carbocycles. The van der Waals surface area contributed by atoms with Crippen LogP contribution in [-0.4, -0.2) is 34.4 Å². The summed E-state index contributed by atoms with van der Waals surface area (Å²) >= 11 is 0. The number of ether oxygens (including phenoxy) is 1. The van der Waals surface area contributed by atoms with Crippen molar-refractivity contribution in [2.75, 3.05) is 19.8 Å². The first-order chi connectivity index (χ1) is 7.70. The Morgan fingerprint density at radius 2 is 1.44 bits per heavy atom. The molecule has 0 saturated heterocycles. The summed E-state index contributed by atoms with van der Waals surface area (Å²) < 4.78 is 21.9. The van der Waals surface area contributed by atoms with E-state index < -0.39 is 14.5 Å². The van der Waals surface area contributed by atoms with Gasteiger partial charge in [0.15, 0.2) is 5.73 Å². The van der Waals surface area contributed by atoms with Crippen LogP contribution in [0.1, 0.15) is 34.1 Å². The molecule has 0 saturated carbocycles. The Labute approximate surface area is 98.6 Å². The fourth-order valence-electron chi connectivity index (χ4n) is 1.48. The molecule has 1 atom stereocenters. The standard InChI is InChI=1S/C10H21NO4Si/c1-5-10(12-9-11)16(13-6-2,14-7-3)15-8-4/h10H,5-8H2,1-4H3. The molecule has 0 rings (SSSR count). The van der Waals surface area contributed by atoms with Crippen LogP contribution in [0.4, 0.5) is 0 Å². The van der Waals surface area contributed by atoms with Gasteiger partial charge in [0.2, 0.25) is 0 Å². The van der Waals surface area contributed by atoms with Gasteiger partial charge >= 0.3 is 8.80 Å². The van der Waals surface area contributed by atoms with E-state index in [1.807, 2.05) is 27.7 Å². The normalized spacial score (nSPS) is 13.2. The van der Waals surface area contributed by atoms with Gasteiger partial charge in [-0.3, -0.25) is 0 Å². The summed E-state index contributed by atoms with van der Waals surface area (Å²) in [6, 6.07) is 0. The van der Waals surface area contributed by atoms with Gasteiger partial charge in [-0.15, -0.1) is 0 Å². The summed E-state index contributed by atoms with van der Waals surface area (Å²) in [5, 5.41) is 8.62. The first-order valence-electron chi connectivity index (χ1n) is 5.67. The highest BCUT2D eigenvalue weighted by molar-refractivity contribution is 6.62. The summed E-state index contributed by atoms with van der Waals surface area (Å²) in [6.07, 6.45) is 2.32. The zero-order valence-electron chi connectivity index (χ0n) is 10.5. The largest absolute Gasteiger partial charge is 0.545 e. The van der Waals surface area contributed by atoms with Crippen molar-refractivity contribution in [3.8, 4) is 6.26 Å². The molecule has 0 fully saturated rings. The van der Waals surface area contributed by atoms with Crippen molar-refractivity contribution < 1.29 is 18.0 Å². The average Bonchev–Trinajstić information content (AvgIpc) is 2.26. The third-order valence-corrected chi connectivity index (χ3v) is 5.38. The Morgan fingerprint density at radius 3 is 1.69 bits per heavy atom. The van der Waals surface area contributed by atoms with E-state index in [4.69, 9.17) is 23.3 Å². The van der Waals surface area contributed by atoms with Crippen LogP contribution in [0.2, 0.25) is 0 Å². The van der Waals surface area contributed by atoms with Crippen molar-refractivity contribution in [2.24, 2.45) is 0 Å². The topological polar surface area (TPSA) is 60.7 Å². The van der Waals surface area contributed by atoms with Crippen LogP contribution in [0.5, 0.6) is 0 Å². The van der Waals surface area contributed by atoms with Gasteiger partial charge in [0, 0.05) is 19.8 Å². The maximum Gasteiger partial charge on any atom is 0.545 e. The summed E-state index contributed by atoms with van der Waals surface area (Å²) in [5.74, 6) is 0. The van der Waals surface area contributed by atoms with Gasteiger partial charge in [0.25, 0.3) is 6.26 Å². The molecule has 0 aromatic rings. The molecule has 5 nitrogen and oxygen atoms in total. The summed E-state index contributed by atoms with van der Waals surface area (Å²) in [6.45, 7) is 8.99. The number of nitrogens with zero attached hydrogens (tertiary/aromatic N) is 1. The maximum atomic E-state index is 8.62. The van der Waals surface area contributed by atoms with Crippen LogP contribution in [0.15, 0.2) is 0 Å². The van der Waals surface area contributed by atoms with Gasteiger partial charge in [-0.05, 0) is 27.2 Å². The van der Waals surface area contributed by atoms with E-state index in [9.17, 15) is 0 Å². The molecule has 0 N–H and O–H groups in total. The van der Waals surface area contributed by atoms with Crippen LogP contribution < -0.4 is 0 Å². The Hall–Kier alpha value is -0.613. The van der Waals surface area contributed by atoms with Crippen molar-refractivity contribution >= 4 is 8.80 Å². The Balaban J connectivity index is 4.86. The Kier molecular flexibility index (Phi) is 8.20. The van der Waals surface area contributed by atoms with Crippen molar-refractivity contribution in [1.82, 2.24) is 0 Å². The number of hydrogen-bond donors (Lipinski definition) is 0. The number of nitriles is 1. The molecule has 1 unspecified atom stereocenters. The zero-order valence-corrected chi connectivity index (χ0v) is 11.5. The molecule has 0 bridgehead atoms. The fraction of sp³-hybridized carbons (Fsp3) is 0.900. The summed E-state index contributed by atoms with van der Waals surface area (Å²) in [7, 11) is -2.89. The molecular weight excluding hydrogens is 226 g/mol. The van der Waals surface area contributed by atoms with E-state index in [1.54, 1.807) is 6.26 Å². The van der Waals surface area contributed by atoms with Crippen LogP contribution in [0, 0.1) is 11.5 Å². The van der Waals surface area contributed by atoms with Gasteiger partial charge in [-0.2, -0.15) is 5.26 Å². The lowest BCUT2D eigenvalue weighted by Crippen LogP contribution is -2.57. The van der Waals surface area contributed by atoms with E-state index in [2.05, 4.69) is 0 Å². The van der Waals surface area contributed by atoms with E-state index in [0.717, 1.165) is 0 Å². The monoisotopic (exact) mass is 247 g/mol. The molecular formula is C10H21NO4Si. The highest BCUT2D eigenvalue weighted by atomic mass is 28.4. The Bertz CT molecular complexity index is 202. The smallest absolute Gasteiger partial charge is 0.420 e. The zero-order chi connectivity index (χ0) is 12.4. The van der Waals surface area contributed by atoms with Gasteiger partial charge < -0.3 is 18.0 Å². The van der Waals surface area contributed by atoms with Crippen molar-refractivity contribution in [1.29, 1.82) is 5.26 Å². The highest BCUT2D eigenvalue weighted by Gasteiger charge is 2.50. The lowest BCUT2D eigenvalue weighted by atomic mass is 10.5. The van der Waals surface area contributed by atoms with E-state index in [1.165, 1.54) is 0 Å². The predicted octanol–water partition coefficient (Wildman–Crippen LogP) is 1.85. The van der Waals surface area contributed by atoms with Crippen molar-refractivity contribution in [2.45, 2.75) is 39.8 Å². The molecule has 0 aromatic heterocycles. The van der Waals surface area contributed by atoms with Crippen molar-refractivity contribution in [3.63, 3.8) is 0 Å². The predicted molar refractivity (Wildman–Crippen MR) is 61.4 cm³/mol. The SMILES string of the molecule is CCO[Si](OCC)(OCC)C(CC)OC#N. The van der Waals surface area contributed by atoms with Crippen LogP contribution >= 0.6 is 0 Å². The molecule has 0 aliphatic carbocycles. The van der Waals surface area contributed by atoms with Crippen molar-refractivity contribution in [3.05, 3.63) is 0 Å². The summed E-state index contributed by atoms with van der Waals surface area (Å²) in [5.41, 5.74) is -0.419. The average molecular weight is 247 g/mol. The third-order valence-electron chi connectivity index (χ3n) is 2.00. The van der Waals surface area contributed by atoms with Crippen LogP contribution in [-0.2, 0) is 18.0 Å². The van der Waals surface area contributed by atoms with Gasteiger partial charge in [0.05, 0.1) is 0 Å². The second-order valence-electron chi connectivity index (χ2n) is 3.01. The molecule has 94 valence electrons. The fourth-order valence-corrected chi connectivity index (χ4v) is 4.19. The van der Waals surface area contributed by atoms with Crippen LogP contribution in [0.25, 0.3) is 0 Å². The summed E-state index contributed by atoms with van der Waals surface area (Å²) in [4.78, 5) is 0. The Morgan fingerprint density at radius 1 is 1.00 bits per heavy atom. The molecule has 6 heteroatoms. The lowest BCUT2D eigenvalue weighted by molar-refractivity contribution is 0.0199. The first kappa shape index (κ1) is 15.4. The van der Waals surface area contributed by atoms with Gasteiger partial charge in [-0.25, -0.2) is 0 Å². The second-order valence-corrected chi connectivity index (χ2v) is 5.73. The van der Waals surface area contributed by atoms with E-state index >= 15 is 0 Å². The van der Waals surface area contributed by atoms with Crippen LogP contribution in [0.3, 0.4) is 0 Å². The van der Waals surface area contributed by atoms with Gasteiger partial charge in [0.1, 0.15) is 0 Å². The minimum Gasteiger partial charge on any atom is -0.420 e. The lowest BCUT2D eigenvalue weighted by Gasteiger charge is -2.32.